The van der Waals surface area contributed by atoms with Gasteiger partial charge in [0.25, 0.3) is 10.1 Å². The number of nitrogens with zero attached hydrogens (tertiary/aromatic N) is 2. The van der Waals surface area contributed by atoms with Crippen molar-refractivity contribution in [1.29, 1.82) is 5.41 Å². The first-order chi connectivity index (χ1) is 16.3. The third kappa shape index (κ3) is 9.66. The van der Waals surface area contributed by atoms with Gasteiger partial charge < -0.3 is 0 Å². The van der Waals surface area contributed by atoms with Gasteiger partial charge in [-0.25, -0.2) is 5.01 Å². The number of carbonyl (C=O) groups excluding carboxylic acids is 1. The topological polar surface area (TPSA) is 111 Å². The Morgan fingerprint density at radius 1 is 0.794 bits per heavy atom. The first-order valence-corrected chi connectivity index (χ1v) is 14.4. The van der Waals surface area contributed by atoms with Gasteiger partial charge in [0.1, 0.15) is 5.71 Å². The van der Waals surface area contributed by atoms with Crippen molar-refractivity contribution in [3.8, 4) is 0 Å². The van der Waals surface area contributed by atoms with Crippen LogP contribution in [-0.4, -0.2) is 30.3 Å². The van der Waals surface area contributed by atoms with E-state index < -0.39 is 10.1 Å². The summed E-state index contributed by atoms with van der Waals surface area (Å²) in [5.74, 6) is -0.625. The smallest absolute Gasteiger partial charge is 0.284 e. The van der Waals surface area contributed by atoms with Crippen molar-refractivity contribution in [1.82, 2.24) is 0 Å². The van der Waals surface area contributed by atoms with Gasteiger partial charge in [0.05, 0.1) is 10.6 Å². The van der Waals surface area contributed by atoms with Crippen LogP contribution in [0.1, 0.15) is 110 Å². The lowest BCUT2D eigenvalue weighted by Crippen LogP contribution is -2.26. The van der Waals surface area contributed by atoms with Crippen LogP contribution in [0.3, 0.4) is 0 Å². The standard InChI is InChI=1S/C26H41N3O4S/c1-2-3-4-5-6-7-8-9-10-11-12-13-14-15-16-17-24-25(30)26(27)29(28-24)22-18-20-23(21-19-22)34(31,32)33/h18-21,27H,2-17H2,1H3,(H,31,32,33). The third-order valence-corrected chi connectivity index (χ3v) is 7.17. The van der Waals surface area contributed by atoms with E-state index in [-0.39, 0.29) is 16.5 Å². The Morgan fingerprint density at radius 3 is 1.68 bits per heavy atom. The van der Waals surface area contributed by atoms with Crippen molar-refractivity contribution in [3.63, 3.8) is 0 Å². The molecule has 0 atom stereocenters. The van der Waals surface area contributed by atoms with Crippen molar-refractivity contribution in [3.05, 3.63) is 24.3 Å². The molecule has 0 spiro atoms. The lowest BCUT2D eigenvalue weighted by atomic mass is 10.0. The van der Waals surface area contributed by atoms with E-state index in [1.165, 1.54) is 106 Å². The zero-order chi connectivity index (χ0) is 24.8. The van der Waals surface area contributed by atoms with Gasteiger partial charge >= 0.3 is 0 Å². The number of anilines is 1. The highest BCUT2D eigenvalue weighted by molar-refractivity contribution is 7.85. The number of hydrazone groups is 1. The molecule has 1 aromatic rings. The molecule has 0 saturated heterocycles. The normalized spacial score (nSPS) is 14.2. The number of hydrogen-bond donors (Lipinski definition) is 2. The number of amidine groups is 1. The highest BCUT2D eigenvalue weighted by Gasteiger charge is 2.31. The molecule has 0 aromatic heterocycles. The molecule has 0 radical (unpaired) electrons. The first-order valence-electron chi connectivity index (χ1n) is 12.9. The van der Waals surface area contributed by atoms with Crippen LogP contribution in [0.25, 0.3) is 0 Å². The lowest BCUT2D eigenvalue weighted by molar-refractivity contribution is -0.107. The molecule has 0 unspecified atom stereocenters. The molecule has 1 aromatic carbocycles. The predicted molar refractivity (Wildman–Crippen MR) is 138 cm³/mol. The summed E-state index contributed by atoms with van der Waals surface area (Å²) >= 11 is 0. The van der Waals surface area contributed by atoms with Gasteiger partial charge in [-0.15, -0.1) is 0 Å². The number of hydrogen-bond acceptors (Lipinski definition) is 5. The molecule has 0 fully saturated rings. The van der Waals surface area contributed by atoms with Crippen LogP contribution >= 0.6 is 0 Å². The molecule has 190 valence electrons. The highest BCUT2D eigenvalue weighted by atomic mass is 32.2. The molecule has 1 heterocycles. The molecule has 8 heteroatoms. The minimum absolute atomic E-state index is 0.240. The second kappa shape index (κ2) is 15.0. The second-order valence-electron chi connectivity index (χ2n) is 9.20. The molecular formula is C26H41N3O4S. The van der Waals surface area contributed by atoms with Gasteiger partial charge in [-0.05, 0) is 37.1 Å². The van der Waals surface area contributed by atoms with Crippen molar-refractivity contribution < 1.29 is 17.8 Å². The maximum atomic E-state index is 12.4. The summed E-state index contributed by atoms with van der Waals surface area (Å²) in [5.41, 5.74) is 0.788. The van der Waals surface area contributed by atoms with Crippen LogP contribution < -0.4 is 5.01 Å². The Labute approximate surface area is 205 Å². The lowest BCUT2D eigenvalue weighted by Gasteiger charge is -2.12. The van der Waals surface area contributed by atoms with Crippen LogP contribution in [0.5, 0.6) is 0 Å². The number of Topliss-reactive ketones (excluding diaryl/α,β-unsaturated/α-hetero) is 1. The average Bonchev–Trinajstić information content (AvgIpc) is 3.09. The Bertz CT molecular complexity index is 910. The van der Waals surface area contributed by atoms with Crippen LogP contribution in [0.15, 0.2) is 34.3 Å². The number of nitrogens with one attached hydrogen (secondary N) is 1. The van der Waals surface area contributed by atoms with Crippen molar-refractivity contribution in [2.24, 2.45) is 5.10 Å². The zero-order valence-corrected chi connectivity index (χ0v) is 21.4. The maximum absolute atomic E-state index is 12.4. The number of rotatable bonds is 18. The molecule has 0 saturated carbocycles. The Morgan fingerprint density at radius 2 is 1.24 bits per heavy atom. The van der Waals surface area contributed by atoms with Crippen LogP contribution in [0, 0.1) is 5.41 Å². The summed E-state index contributed by atoms with van der Waals surface area (Å²) in [5, 5.41) is 13.5. The highest BCUT2D eigenvalue weighted by Crippen LogP contribution is 2.23. The van der Waals surface area contributed by atoms with Gasteiger partial charge in [0.15, 0.2) is 5.84 Å². The number of unbranched alkanes of at least 4 members (excludes halogenated alkanes) is 14. The van der Waals surface area contributed by atoms with Gasteiger partial charge in [-0.1, -0.05) is 96.8 Å². The summed E-state index contributed by atoms with van der Waals surface area (Å²) in [6.45, 7) is 2.26. The van der Waals surface area contributed by atoms with Crippen LogP contribution in [0.4, 0.5) is 5.69 Å². The van der Waals surface area contributed by atoms with Gasteiger partial charge in [0.2, 0.25) is 5.78 Å². The Balaban J connectivity index is 1.57. The Kier molecular flexibility index (Phi) is 12.5. The van der Waals surface area contributed by atoms with E-state index in [0.717, 1.165) is 19.3 Å². The molecule has 1 aliphatic heterocycles. The van der Waals surface area contributed by atoms with Crippen molar-refractivity contribution in [2.75, 3.05) is 5.01 Å². The number of ketones is 1. The second-order valence-corrected chi connectivity index (χ2v) is 10.6. The molecular weight excluding hydrogens is 450 g/mol. The minimum atomic E-state index is -4.29. The van der Waals surface area contributed by atoms with Crippen molar-refractivity contribution >= 4 is 33.1 Å². The fourth-order valence-electron chi connectivity index (χ4n) is 4.22. The van der Waals surface area contributed by atoms with E-state index >= 15 is 0 Å². The molecule has 7 nitrogen and oxygen atoms in total. The summed E-state index contributed by atoms with van der Waals surface area (Å²) in [7, 11) is -4.29. The fourth-order valence-corrected chi connectivity index (χ4v) is 4.70. The SMILES string of the molecule is CCCCCCCCCCCCCCCCCC1=NN(c2ccc(S(=O)(=O)O)cc2)C(=N)C1=O. The first kappa shape index (κ1) is 28.2. The maximum Gasteiger partial charge on any atom is 0.294 e. The monoisotopic (exact) mass is 491 g/mol. The molecule has 34 heavy (non-hydrogen) atoms. The number of carbonyl (C=O) groups is 1. The van der Waals surface area contributed by atoms with E-state index in [0.29, 0.717) is 17.8 Å². The Hall–Kier alpha value is -2.06. The quantitative estimate of drug-likeness (QED) is 0.171. The van der Waals surface area contributed by atoms with Gasteiger partial charge in [-0.2, -0.15) is 13.5 Å². The van der Waals surface area contributed by atoms with E-state index in [1.807, 2.05) is 0 Å². The average molecular weight is 492 g/mol. The van der Waals surface area contributed by atoms with E-state index in [1.54, 1.807) is 0 Å². The minimum Gasteiger partial charge on any atom is -0.284 e. The van der Waals surface area contributed by atoms with E-state index in [9.17, 15) is 13.2 Å². The molecule has 0 amide bonds. The van der Waals surface area contributed by atoms with E-state index in [2.05, 4.69) is 12.0 Å². The van der Waals surface area contributed by atoms with Gasteiger partial charge in [-0.3, -0.25) is 14.8 Å². The third-order valence-electron chi connectivity index (χ3n) is 6.31. The summed E-state index contributed by atoms with van der Waals surface area (Å²) in [6.07, 6.45) is 19.7. The summed E-state index contributed by atoms with van der Waals surface area (Å²) in [4.78, 5) is 12.1. The molecule has 0 aliphatic carbocycles. The molecule has 0 bridgehead atoms. The molecule has 2 N–H and O–H groups in total. The van der Waals surface area contributed by atoms with Crippen molar-refractivity contribution in [2.45, 2.75) is 115 Å². The largest absolute Gasteiger partial charge is 0.294 e. The van der Waals surface area contributed by atoms with E-state index in [4.69, 9.17) is 9.96 Å². The fraction of sp³-hybridized carbons (Fsp3) is 0.654. The molecule has 2 rings (SSSR count). The number of benzene rings is 1. The summed E-state index contributed by atoms with van der Waals surface area (Å²) < 4.78 is 31.4. The van der Waals surface area contributed by atoms with Gasteiger partial charge in [0, 0.05) is 0 Å². The van der Waals surface area contributed by atoms with Crippen LogP contribution in [-0.2, 0) is 14.9 Å². The van der Waals surface area contributed by atoms with Crippen LogP contribution in [0.2, 0.25) is 0 Å². The summed E-state index contributed by atoms with van der Waals surface area (Å²) in [6, 6.07) is 5.30. The zero-order valence-electron chi connectivity index (χ0n) is 20.6. The molecule has 1 aliphatic rings. The predicted octanol–water partition coefficient (Wildman–Crippen LogP) is 6.92.